The number of unbranched alkanes of at least 4 members (excludes halogenated alkanes) is 5. The van der Waals surface area contributed by atoms with E-state index in [-0.39, 0.29) is 25.6 Å². The summed E-state index contributed by atoms with van der Waals surface area (Å²) in [6, 6.07) is -3.28. The zero-order valence-corrected chi connectivity index (χ0v) is 39.8. The Morgan fingerprint density at radius 3 is 1.89 bits per heavy atom. The summed E-state index contributed by atoms with van der Waals surface area (Å²) >= 11 is 0. The zero-order chi connectivity index (χ0) is 53.4. The molecule has 2 amide bonds. The monoisotopic (exact) mass is 1050 g/mol. The van der Waals surface area contributed by atoms with Gasteiger partial charge in [-0.15, -0.1) is 0 Å². The molecule has 0 radical (unpaired) electrons. The molecule has 0 bridgehead atoms. The van der Waals surface area contributed by atoms with E-state index in [1.807, 2.05) is 0 Å². The minimum Gasteiger partial charge on any atom is -0.477 e. The van der Waals surface area contributed by atoms with Crippen molar-refractivity contribution in [2.45, 2.75) is 187 Å². The Labute approximate surface area is 413 Å². The van der Waals surface area contributed by atoms with Crippen LogP contribution in [0.15, 0.2) is 12.7 Å². The number of carboxylic acids is 1. The van der Waals surface area contributed by atoms with Crippen molar-refractivity contribution < 1.29 is 133 Å². The molecule has 4 saturated heterocycles. The number of aliphatic hydroxyl groups is 12. The van der Waals surface area contributed by atoms with Crippen molar-refractivity contribution in [3.05, 3.63) is 12.7 Å². The van der Waals surface area contributed by atoms with Gasteiger partial charge in [0, 0.05) is 26.4 Å². The third-order valence-electron chi connectivity index (χ3n) is 12.5. The van der Waals surface area contributed by atoms with Crippen LogP contribution in [0.2, 0.25) is 0 Å². The van der Waals surface area contributed by atoms with Crippen molar-refractivity contribution in [1.82, 2.24) is 10.6 Å². The summed E-state index contributed by atoms with van der Waals surface area (Å²) in [5.41, 5.74) is 0. The maximum atomic E-state index is 13.3. The predicted octanol–water partition coefficient (Wildman–Crippen LogP) is -6.55. The predicted molar refractivity (Wildman–Crippen MR) is 233 cm³/mol. The summed E-state index contributed by atoms with van der Waals surface area (Å²) in [5.74, 6) is -6.34. The average Bonchev–Trinajstić information content (AvgIpc) is 3.35. The molecule has 21 atom stereocenters. The van der Waals surface area contributed by atoms with Gasteiger partial charge in [-0.2, -0.15) is 0 Å². The molecule has 0 spiro atoms. The average molecular weight is 1050 g/mol. The number of rotatable bonds is 27. The molecule has 0 aliphatic carbocycles. The lowest BCUT2D eigenvalue weighted by atomic mass is 9.88. The lowest BCUT2D eigenvalue weighted by Crippen LogP contribution is -2.71. The van der Waals surface area contributed by atoms with Crippen LogP contribution in [0.4, 0.5) is 4.79 Å². The smallest absolute Gasteiger partial charge is 0.407 e. The van der Waals surface area contributed by atoms with Crippen LogP contribution in [0.3, 0.4) is 0 Å². The topological polar surface area (TPSA) is 448 Å². The minimum atomic E-state index is -3.17. The van der Waals surface area contributed by atoms with Gasteiger partial charge in [0.15, 0.2) is 18.9 Å². The number of aliphatic hydroxyl groups excluding tert-OH is 12. The van der Waals surface area contributed by atoms with E-state index in [1.54, 1.807) is 0 Å². The number of alkyl carbamates (subject to hydrolysis) is 1. The van der Waals surface area contributed by atoms with Gasteiger partial charge in [-0.3, -0.25) is 9.59 Å². The SMILES string of the molecule is C=CCOC(=O)NC1C(O[C@@H]2OC(CO)[C@@H](O)C(O)C2O)[C@H](OC2OC(CO)[C@H](O)C(O[C@]3(C(=O)O)CC(O)[C@@H](NC(C)=O)C(C(O)C(O)CO)O3)C2O)C(CO)O[C@H]1OCCCCCCCCC(=O)OC. The van der Waals surface area contributed by atoms with Crippen LogP contribution in [0.1, 0.15) is 58.3 Å². The van der Waals surface area contributed by atoms with E-state index < -0.39 is 179 Å². The molecule has 416 valence electrons. The first-order chi connectivity index (χ1) is 34.2. The van der Waals surface area contributed by atoms with Crippen molar-refractivity contribution >= 4 is 23.9 Å². The Morgan fingerprint density at radius 1 is 0.722 bits per heavy atom. The first kappa shape index (κ1) is 61.2. The van der Waals surface area contributed by atoms with Crippen molar-refractivity contribution in [3.63, 3.8) is 0 Å². The second-order valence-electron chi connectivity index (χ2n) is 17.7. The summed E-state index contributed by atoms with van der Waals surface area (Å²) in [5, 5.41) is 144. The molecule has 0 saturated carbocycles. The van der Waals surface area contributed by atoms with Gasteiger partial charge in [-0.25, -0.2) is 9.59 Å². The first-order valence-corrected chi connectivity index (χ1v) is 23.5. The highest BCUT2D eigenvalue weighted by molar-refractivity contribution is 5.76. The molecule has 29 heteroatoms. The molecule has 14 unspecified atom stereocenters. The number of carbonyl (C=O) groups is 4. The molecule has 0 aromatic carbocycles. The van der Waals surface area contributed by atoms with Crippen LogP contribution in [0.25, 0.3) is 0 Å². The zero-order valence-electron chi connectivity index (χ0n) is 39.8. The highest BCUT2D eigenvalue weighted by Crippen LogP contribution is 2.39. The number of hydrogen-bond acceptors (Lipinski definition) is 26. The number of aliphatic carboxylic acids is 1. The van der Waals surface area contributed by atoms with Gasteiger partial charge < -0.3 is 124 Å². The molecular weight excluding hydrogens is 976 g/mol. The van der Waals surface area contributed by atoms with E-state index in [1.165, 1.54) is 13.2 Å². The molecule has 29 nitrogen and oxygen atoms in total. The normalized spacial score (nSPS) is 38.0. The number of hydrogen-bond donors (Lipinski definition) is 15. The Kier molecular flexibility index (Phi) is 24.7. The Bertz CT molecular complexity index is 1700. The number of nitrogens with one attached hydrogen (secondary N) is 2. The first-order valence-electron chi connectivity index (χ1n) is 23.5. The summed E-state index contributed by atoms with van der Waals surface area (Å²) in [6.07, 6.45) is -32.5. The van der Waals surface area contributed by atoms with E-state index in [9.17, 15) is 85.6 Å². The van der Waals surface area contributed by atoms with Crippen molar-refractivity contribution in [2.24, 2.45) is 0 Å². The lowest BCUT2D eigenvalue weighted by molar-refractivity contribution is -0.391. The van der Waals surface area contributed by atoms with Gasteiger partial charge in [-0.05, 0) is 12.8 Å². The van der Waals surface area contributed by atoms with Gasteiger partial charge in [0.2, 0.25) is 5.91 Å². The molecule has 4 aliphatic heterocycles. The number of methoxy groups -OCH3 is 1. The van der Waals surface area contributed by atoms with Gasteiger partial charge in [0.25, 0.3) is 5.79 Å². The number of carbonyl (C=O) groups excluding carboxylic acids is 3. The Morgan fingerprint density at radius 2 is 1.31 bits per heavy atom. The van der Waals surface area contributed by atoms with Crippen LogP contribution in [-0.4, -0.2) is 265 Å². The van der Waals surface area contributed by atoms with Crippen molar-refractivity contribution in [1.29, 1.82) is 0 Å². The number of carboxylic acid groups (broad SMARTS) is 1. The van der Waals surface area contributed by atoms with E-state index in [0.29, 0.717) is 19.3 Å². The molecule has 15 N–H and O–H groups in total. The van der Waals surface area contributed by atoms with Gasteiger partial charge in [0.05, 0.1) is 45.7 Å². The molecule has 4 heterocycles. The van der Waals surface area contributed by atoms with Gasteiger partial charge in [-0.1, -0.05) is 38.3 Å². The molecular formula is C43H72N2O27. The maximum Gasteiger partial charge on any atom is 0.407 e. The number of esters is 1. The van der Waals surface area contributed by atoms with Crippen molar-refractivity contribution in [3.8, 4) is 0 Å². The quantitative estimate of drug-likeness (QED) is 0.0207. The molecule has 4 fully saturated rings. The van der Waals surface area contributed by atoms with Crippen LogP contribution < -0.4 is 10.6 Å². The largest absolute Gasteiger partial charge is 0.477 e. The molecule has 72 heavy (non-hydrogen) atoms. The summed E-state index contributed by atoms with van der Waals surface area (Å²) < 4.78 is 57.2. The second-order valence-corrected chi connectivity index (χ2v) is 17.7. The van der Waals surface area contributed by atoms with Crippen LogP contribution >= 0.6 is 0 Å². The molecule has 4 rings (SSSR count). The number of amides is 2. The third kappa shape index (κ3) is 15.6. The van der Waals surface area contributed by atoms with E-state index >= 15 is 0 Å². The minimum absolute atomic E-state index is 0.0484. The summed E-state index contributed by atoms with van der Waals surface area (Å²) in [7, 11) is 1.30. The maximum absolute atomic E-state index is 13.3. The van der Waals surface area contributed by atoms with Gasteiger partial charge in [0.1, 0.15) is 98.1 Å². The fourth-order valence-corrected chi connectivity index (χ4v) is 8.63. The third-order valence-corrected chi connectivity index (χ3v) is 12.5. The lowest BCUT2D eigenvalue weighted by Gasteiger charge is -2.51. The van der Waals surface area contributed by atoms with Crippen LogP contribution in [-0.2, 0) is 61.8 Å². The Hall–Kier alpha value is -3.38. The van der Waals surface area contributed by atoms with Crippen molar-refractivity contribution in [2.75, 3.05) is 46.8 Å². The van der Waals surface area contributed by atoms with Gasteiger partial charge >= 0.3 is 18.0 Å². The highest BCUT2D eigenvalue weighted by atomic mass is 16.8. The van der Waals surface area contributed by atoms with Crippen LogP contribution in [0, 0.1) is 0 Å². The molecule has 0 aromatic heterocycles. The standard InChI is InChI=1S/C43H72N2O27/c1-4-12-65-42(62)45-27-36(70-39-32(58)31(57)29(55)22(16-47)66-39)34(24(18-49)68-38(27)64-13-10-8-6-5-7-9-11-25(53)63-3)69-40-33(59)37(30(56)23(17-48)67-40)72-43(41(60)61)14-20(51)26(44-19(2)50)35(71-43)28(54)21(52)15-46/h4,20-24,26-40,46-49,51-52,54-59H,1,5-18H2,2-3H3,(H,44,50)(H,45,62)(H,60,61)/t20?,21?,22?,23?,24?,26-,27?,28?,29-,30+,31?,32?,33?,34-,35?,36?,37?,38-,39+,40?,43+/m1/s1. The number of ether oxygens (including phenoxy) is 10. The Balaban J connectivity index is 1.72. The molecule has 4 aliphatic rings. The summed E-state index contributed by atoms with van der Waals surface area (Å²) in [4.78, 5) is 49.9. The second kappa shape index (κ2) is 29.1. The fraction of sp³-hybridized carbons (Fsp3) is 0.860. The van der Waals surface area contributed by atoms with E-state index in [0.717, 1.165) is 26.2 Å². The van der Waals surface area contributed by atoms with E-state index in [4.69, 9.17) is 42.6 Å². The van der Waals surface area contributed by atoms with Crippen LogP contribution in [0.5, 0.6) is 0 Å². The molecule has 0 aromatic rings. The van der Waals surface area contributed by atoms with E-state index in [2.05, 4.69) is 21.9 Å². The summed E-state index contributed by atoms with van der Waals surface area (Å²) in [6.45, 7) is 0.0343. The fourth-order valence-electron chi connectivity index (χ4n) is 8.63. The highest BCUT2D eigenvalue weighted by Gasteiger charge is 2.61.